The van der Waals surface area contributed by atoms with Crippen LogP contribution < -0.4 is 16.2 Å². The smallest absolute Gasteiger partial charge is 0.339 e. The Hall–Kier alpha value is -4.15. The van der Waals surface area contributed by atoms with Crippen LogP contribution in [0.4, 0.5) is 5.69 Å². The first-order chi connectivity index (χ1) is 21.3. The van der Waals surface area contributed by atoms with Crippen LogP contribution in [0.3, 0.4) is 0 Å². The van der Waals surface area contributed by atoms with Gasteiger partial charge in [0.05, 0.1) is 35.0 Å². The van der Waals surface area contributed by atoms with Crippen LogP contribution in [-0.2, 0) is 27.4 Å². The highest BCUT2D eigenvalue weighted by molar-refractivity contribution is 7.99. The predicted molar refractivity (Wildman–Crippen MR) is 172 cm³/mol. The predicted octanol–water partition coefficient (Wildman–Crippen LogP) is 5.69. The molecule has 1 aliphatic carbocycles. The number of fused-ring (bicyclic) bond motifs is 1. The van der Waals surface area contributed by atoms with Gasteiger partial charge in [-0.1, -0.05) is 65.8 Å². The van der Waals surface area contributed by atoms with Crippen molar-refractivity contribution in [3.05, 3.63) is 99.3 Å². The maximum absolute atomic E-state index is 13.6. The molecule has 44 heavy (non-hydrogen) atoms. The molecule has 1 fully saturated rings. The average Bonchev–Trinajstić information content (AvgIpc) is 3.05. The second-order valence-corrected chi connectivity index (χ2v) is 12.1. The number of esters is 1. The molecule has 0 bridgehead atoms. The summed E-state index contributed by atoms with van der Waals surface area (Å²) in [5.74, 6) is -0.800. The largest absolute Gasteiger partial charge is 0.465 e. The Morgan fingerprint density at radius 1 is 0.977 bits per heavy atom. The molecule has 1 aromatic heterocycles. The molecular formula is C33H33ClN4O5S. The number of rotatable bonds is 10. The Morgan fingerprint density at radius 3 is 2.45 bits per heavy atom. The molecule has 0 radical (unpaired) electrons. The summed E-state index contributed by atoms with van der Waals surface area (Å²) in [5.41, 5.74) is 1.88. The van der Waals surface area contributed by atoms with E-state index in [1.165, 1.54) is 18.9 Å². The molecule has 228 valence electrons. The number of thioether (sulfide) groups is 1. The van der Waals surface area contributed by atoms with E-state index in [0.717, 1.165) is 31.2 Å². The molecule has 2 amide bonds. The van der Waals surface area contributed by atoms with Gasteiger partial charge in [-0.2, -0.15) is 0 Å². The molecule has 5 rings (SSSR count). The summed E-state index contributed by atoms with van der Waals surface area (Å²) in [5, 5.41) is 7.37. The number of methoxy groups -OCH3 is 1. The SMILES string of the molecule is COC(=O)c1ccccc1NC(=O)CSc1nc2ccccc2c(=O)n1CC1CCC(C(=O)NCc2ccccc2Cl)CC1. The molecule has 1 saturated carbocycles. The molecule has 4 aromatic rings. The Morgan fingerprint density at radius 2 is 1.68 bits per heavy atom. The Balaban J connectivity index is 1.24. The van der Waals surface area contributed by atoms with Gasteiger partial charge in [0.15, 0.2) is 5.16 Å². The lowest BCUT2D eigenvalue weighted by Gasteiger charge is -2.28. The van der Waals surface area contributed by atoms with Gasteiger partial charge in [-0.15, -0.1) is 0 Å². The monoisotopic (exact) mass is 632 g/mol. The van der Waals surface area contributed by atoms with Gasteiger partial charge in [-0.25, -0.2) is 9.78 Å². The van der Waals surface area contributed by atoms with Gasteiger partial charge >= 0.3 is 5.97 Å². The molecule has 9 nitrogen and oxygen atoms in total. The Bertz CT molecular complexity index is 1740. The minimum Gasteiger partial charge on any atom is -0.465 e. The Labute approximate surface area is 264 Å². The van der Waals surface area contributed by atoms with Crippen LogP contribution in [-0.4, -0.2) is 40.2 Å². The summed E-state index contributed by atoms with van der Waals surface area (Å²) >= 11 is 7.40. The zero-order valence-corrected chi connectivity index (χ0v) is 25.8. The van der Waals surface area contributed by atoms with E-state index >= 15 is 0 Å². The molecule has 0 atom stereocenters. The first-order valence-electron chi connectivity index (χ1n) is 14.4. The normalized spacial score (nSPS) is 16.3. The number of amides is 2. The number of para-hydroxylation sites is 2. The number of nitrogens with one attached hydrogen (secondary N) is 2. The summed E-state index contributed by atoms with van der Waals surface area (Å²) in [6.45, 7) is 0.832. The number of anilines is 1. The average molecular weight is 633 g/mol. The Kier molecular flexibility index (Phi) is 10.3. The van der Waals surface area contributed by atoms with Crippen LogP contribution in [0.15, 0.2) is 82.7 Å². The van der Waals surface area contributed by atoms with Gasteiger partial charge in [0, 0.05) is 24.0 Å². The molecule has 11 heteroatoms. The lowest BCUT2D eigenvalue weighted by atomic mass is 9.81. The summed E-state index contributed by atoms with van der Waals surface area (Å²) in [4.78, 5) is 56.2. The quantitative estimate of drug-likeness (QED) is 0.131. The van der Waals surface area contributed by atoms with Gasteiger partial charge in [-0.3, -0.25) is 19.0 Å². The maximum Gasteiger partial charge on any atom is 0.339 e. The third-order valence-electron chi connectivity index (χ3n) is 7.83. The fourth-order valence-electron chi connectivity index (χ4n) is 5.45. The second-order valence-electron chi connectivity index (χ2n) is 10.7. The lowest BCUT2D eigenvalue weighted by molar-refractivity contribution is -0.126. The van der Waals surface area contributed by atoms with Gasteiger partial charge < -0.3 is 15.4 Å². The van der Waals surface area contributed by atoms with Crippen LogP contribution in [0.2, 0.25) is 5.02 Å². The topological polar surface area (TPSA) is 119 Å². The van der Waals surface area contributed by atoms with Crippen LogP contribution in [0, 0.1) is 11.8 Å². The van der Waals surface area contributed by atoms with Crippen molar-refractivity contribution in [2.45, 2.75) is 43.9 Å². The summed E-state index contributed by atoms with van der Waals surface area (Å²) in [6.07, 6.45) is 3.02. The number of hydrogen-bond acceptors (Lipinski definition) is 7. The van der Waals surface area contributed by atoms with E-state index in [9.17, 15) is 19.2 Å². The van der Waals surface area contributed by atoms with Gasteiger partial charge in [-0.05, 0) is 67.5 Å². The van der Waals surface area contributed by atoms with E-state index in [0.29, 0.717) is 39.9 Å². The second kappa shape index (κ2) is 14.5. The van der Waals surface area contributed by atoms with Crippen molar-refractivity contribution in [1.82, 2.24) is 14.9 Å². The van der Waals surface area contributed by atoms with Crippen LogP contribution >= 0.6 is 23.4 Å². The van der Waals surface area contributed by atoms with Crippen molar-refractivity contribution in [3.8, 4) is 0 Å². The molecule has 0 unspecified atom stereocenters. The van der Waals surface area contributed by atoms with Crippen molar-refractivity contribution in [3.63, 3.8) is 0 Å². The minimum atomic E-state index is -0.550. The summed E-state index contributed by atoms with van der Waals surface area (Å²) in [7, 11) is 1.28. The maximum atomic E-state index is 13.6. The summed E-state index contributed by atoms with van der Waals surface area (Å²) < 4.78 is 6.47. The van der Waals surface area contributed by atoms with E-state index in [4.69, 9.17) is 21.3 Å². The molecular weight excluding hydrogens is 600 g/mol. The molecule has 1 heterocycles. The van der Waals surface area contributed by atoms with Crippen molar-refractivity contribution < 1.29 is 19.1 Å². The molecule has 1 aliphatic rings. The van der Waals surface area contributed by atoms with Crippen LogP contribution in [0.25, 0.3) is 10.9 Å². The van der Waals surface area contributed by atoms with E-state index in [-0.39, 0.29) is 40.5 Å². The van der Waals surface area contributed by atoms with Crippen LogP contribution in [0.5, 0.6) is 0 Å². The van der Waals surface area contributed by atoms with Crippen molar-refractivity contribution >= 4 is 57.7 Å². The molecule has 0 saturated heterocycles. The standard InChI is InChI=1S/C33H33ClN4O5S/c1-43-32(42)25-10-4-7-13-28(25)36-29(39)20-44-33-37-27-12-6-3-9-24(27)31(41)38(33)19-21-14-16-22(17-15-21)30(40)35-18-23-8-2-5-11-26(23)34/h2-13,21-22H,14-20H2,1H3,(H,35,40)(H,36,39). The number of carbonyl (C=O) groups excluding carboxylic acids is 3. The van der Waals surface area contributed by atoms with Crippen molar-refractivity contribution in [2.24, 2.45) is 11.8 Å². The molecule has 0 spiro atoms. The zero-order valence-electron chi connectivity index (χ0n) is 24.3. The van der Waals surface area contributed by atoms with Gasteiger partial charge in [0.1, 0.15) is 0 Å². The number of benzene rings is 3. The van der Waals surface area contributed by atoms with Crippen molar-refractivity contribution in [2.75, 3.05) is 18.2 Å². The van der Waals surface area contributed by atoms with Gasteiger partial charge in [0.25, 0.3) is 5.56 Å². The van der Waals surface area contributed by atoms with E-state index < -0.39 is 5.97 Å². The molecule has 3 aromatic carbocycles. The highest BCUT2D eigenvalue weighted by Gasteiger charge is 2.28. The fourth-order valence-corrected chi connectivity index (χ4v) is 6.46. The first-order valence-corrected chi connectivity index (χ1v) is 15.8. The first kappa shape index (κ1) is 31.3. The van der Waals surface area contributed by atoms with Crippen LogP contribution in [0.1, 0.15) is 41.6 Å². The van der Waals surface area contributed by atoms with Gasteiger partial charge in [0.2, 0.25) is 11.8 Å². The van der Waals surface area contributed by atoms with E-state index in [2.05, 4.69) is 10.6 Å². The summed E-state index contributed by atoms with van der Waals surface area (Å²) in [6, 6.07) is 21.2. The third-order valence-corrected chi connectivity index (χ3v) is 9.18. The number of aromatic nitrogens is 2. The molecule has 2 N–H and O–H groups in total. The van der Waals surface area contributed by atoms with E-state index in [1.54, 1.807) is 53.1 Å². The zero-order chi connectivity index (χ0) is 31.1. The lowest BCUT2D eigenvalue weighted by Crippen LogP contribution is -2.34. The number of carbonyl (C=O) groups is 3. The number of ether oxygens (including phenoxy) is 1. The fraction of sp³-hybridized carbons (Fsp3) is 0.303. The molecule has 0 aliphatic heterocycles. The number of nitrogens with zero attached hydrogens (tertiary/aromatic N) is 2. The minimum absolute atomic E-state index is 0.0152. The number of hydrogen-bond donors (Lipinski definition) is 2. The van der Waals surface area contributed by atoms with Crippen molar-refractivity contribution in [1.29, 1.82) is 0 Å². The number of halogens is 1. The third kappa shape index (κ3) is 7.49. The highest BCUT2D eigenvalue weighted by Crippen LogP contribution is 2.31. The highest BCUT2D eigenvalue weighted by atomic mass is 35.5. The van der Waals surface area contributed by atoms with E-state index in [1.807, 2.05) is 24.3 Å².